The van der Waals surface area contributed by atoms with Crippen molar-refractivity contribution in [2.75, 3.05) is 18.0 Å². The van der Waals surface area contributed by atoms with Gasteiger partial charge in [-0.05, 0) is 31.4 Å². The Morgan fingerprint density at radius 3 is 2.75 bits per heavy atom. The van der Waals surface area contributed by atoms with Crippen molar-refractivity contribution in [1.29, 1.82) is 0 Å². The molecule has 1 aliphatic rings. The van der Waals surface area contributed by atoms with E-state index >= 15 is 0 Å². The molecule has 0 radical (unpaired) electrons. The Labute approximate surface area is 94.4 Å². The second kappa shape index (κ2) is 4.04. The quantitative estimate of drug-likeness (QED) is 0.728. The minimum atomic E-state index is 0.790. The lowest BCUT2D eigenvalue weighted by molar-refractivity contribution is 0.574. The van der Waals surface area contributed by atoms with Crippen molar-refractivity contribution in [3.05, 3.63) is 24.7 Å². The third-order valence-electron chi connectivity index (χ3n) is 3.04. The van der Waals surface area contributed by atoms with Crippen LogP contribution in [0.15, 0.2) is 24.7 Å². The van der Waals surface area contributed by atoms with Crippen LogP contribution in [0.3, 0.4) is 0 Å². The van der Waals surface area contributed by atoms with Crippen molar-refractivity contribution in [2.45, 2.75) is 19.3 Å². The zero-order chi connectivity index (χ0) is 10.8. The number of nitrogens with zero attached hydrogens (tertiary/aromatic N) is 4. The van der Waals surface area contributed by atoms with Crippen LogP contribution in [-0.2, 0) is 0 Å². The number of hydrogen-bond acceptors (Lipinski definition) is 4. The molecule has 0 amide bonds. The molecular weight excluding hydrogens is 200 g/mol. The van der Waals surface area contributed by atoms with Crippen LogP contribution < -0.4 is 4.90 Å². The lowest BCUT2D eigenvalue weighted by atomic mass is 10.1. The highest BCUT2D eigenvalue weighted by atomic mass is 15.2. The smallest absolute Gasteiger partial charge is 0.164 e. The Bertz CT molecular complexity index is 486. The number of rotatable bonds is 1. The van der Waals surface area contributed by atoms with Crippen molar-refractivity contribution in [1.82, 2.24) is 15.0 Å². The number of hydrogen-bond donors (Lipinski definition) is 0. The van der Waals surface area contributed by atoms with Gasteiger partial charge in [-0.3, -0.25) is 0 Å². The van der Waals surface area contributed by atoms with E-state index in [1.165, 1.54) is 19.3 Å². The summed E-state index contributed by atoms with van der Waals surface area (Å²) >= 11 is 0. The molecule has 0 saturated carbocycles. The molecule has 0 aliphatic carbocycles. The van der Waals surface area contributed by atoms with Gasteiger partial charge in [-0.1, -0.05) is 0 Å². The van der Waals surface area contributed by atoms with Gasteiger partial charge in [0.15, 0.2) is 5.65 Å². The van der Waals surface area contributed by atoms with Gasteiger partial charge in [-0.2, -0.15) is 0 Å². The predicted molar refractivity (Wildman–Crippen MR) is 63.4 cm³/mol. The van der Waals surface area contributed by atoms with Crippen molar-refractivity contribution >= 4 is 16.9 Å². The van der Waals surface area contributed by atoms with Gasteiger partial charge in [0.1, 0.15) is 12.1 Å². The molecule has 82 valence electrons. The summed E-state index contributed by atoms with van der Waals surface area (Å²) in [6.45, 7) is 2.20. The van der Waals surface area contributed by atoms with Crippen LogP contribution >= 0.6 is 0 Å². The third kappa shape index (κ3) is 1.60. The maximum absolute atomic E-state index is 4.41. The van der Waals surface area contributed by atoms with E-state index in [1.54, 1.807) is 12.5 Å². The lowest BCUT2D eigenvalue weighted by Gasteiger charge is -2.28. The minimum absolute atomic E-state index is 0.790. The Balaban J connectivity index is 2.08. The molecule has 0 bridgehead atoms. The first kappa shape index (κ1) is 9.51. The first-order chi connectivity index (χ1) is 7.95. The molecule has 0 spiro atoms. The van der Waals surface area contributed by atoms with Crippen LogP contribution in [0.4, 0.5) is 5.82 Å². The van der Waals surface area contributed by atoms with E-state index in [4.69, 9.17) is 0 Å². The van der Waals surface area contributed by atoms with Crippen LogP contribution in [0.1, 0.15) is 19.3 Å². The molecule has 0 atom stereocenters. The third-order valence-corrected chi connectivity index (χ3v) is 3.04. The van der Waals surface area contributed by atoms with Crippen LogP contribution in [0.5, 0.6) is 0 Å². The maximum atomic E-state index is 4.41. The fourth-order valence-corrected chi connectivity index (χ4v) is 2.24. The average molecular weight is 214 g/mol. The first-order valence-electron chi connectivity index (χ1n) is 5.76. The van der Waals surface area contributed by atoms with Crippen molar-refractivity contribution in [3.63, 3.8) is 0 Å². The Morgan fingerprint density at radius 2 is 1.88 bits per heavy atom. The fraction of sp³-hybridized carbons (Fsp3) is 0.417. The molecule has 0 unspecified atom stereocenters. The Kier molecular flexibility index (Phi) is 2.40. The monoisotopic (exact) mass is 214 g/mol. The van der Waals surface area contributed by atoms with Gasteiger partial charge in [-0.25, -0.2) is 15.0 Å². The summed E-state index contributed by atoms with van der Waals surface area (Å²) < 4.78 is 0. The SMILES string of the molecule is c1cnc2ncnc(N3CCCCC3)c2c1. The summed E-state index contributed by atoms with van der Waals surface area (Å²) in [4.78, 5) is 15.2. The van der Waals surface area contributed by atoms with Crippen molar-refractivity contribution < 1.29 is 0 Å². The molecule has 0 aromatic carbocycles. The van der Waals surface area contributed by atoms with E-state index in [1.807, 2.05) is 12.1 Å². The first-order valence-corrected chi connectivity index (χ1v) is 5.76. The van der Waals surface area contributed by atoms with Gasteiger partial charge in [-0.15, -0.1) is 0 Å². The number of piperidine rings is 1. The largest absolute Gasteiger partial charge is 0.356 e. The summed E-state index contributed by atoms with van der Waals surface area (Å²) in [6, 6.07) is 3.99. The molecule has 16 heavy (non-hydrogen) atoms. The molecule has 4 nitrogen and oxygen atoms in total. The summed E-state index contributed by atoms with van der Waals surface area (Å²) in [5.74, 6) is 1.04. The van der Waals surface area contributed by atoms with E-state index in [0.717, 1.165) is 29.9 Å². The van der Waals surface area contributed by atoms with E-state index in [2.05, 4.69) is 19.9 Å². The van der Waals surface area contributed by atoms with Gasteiger partial charge in [0, 0.05) is 19.3 Å². The van der Waals surface area contributed by atoms with Crippen LogP contribution in [0, 0.1) is 0 Å². The molecule has 1 aliphatic heterocycles. The van der Waals surface area contributed by atoms with Gasteiger partial charge in [0.2, 0.25) is 0 Å². The number of fused-ring (bicyclic) bond motifs is 1. The van der Waals surface area contributed by atoms with E-state index in [9.17, 15) is 0 Å². The summed E-state index contributed by atoms with van der Waals surface area (Å²) in [5, 5.41) is 1.06. The van der Waals surface area contributed by atoms with Crippen molar-refractivity contribution in [2.24, 2.45) is 0 Å². The zero-order valence-corrected chi connectivity index (χ0v) is 9.13. The summed E-state index contributed by atoms with van der Waals surface area (Å²) in [5.41, 5.74) is 0.790. The Morgan fingerprint density at radius 1 is 1.00 bits per heavy atom. The normalized spacial score (nSPS) is 16.6. The molecule has 3 heterocycles. The van der Waals surface area contributed by atoms with Gasteiger partial charge >= 0.3 is 0 Å². The van der Waals surface area contributed by atoms with Gasteiger partial charge in [0.25, 0.3) is 0 Å². The topological polar surface area (TPSA) is 41.9 Å². The predicted octanol–water partition coefficient (Wildman–Crippen LogP) is 2.02. The molecule has 3 rings (SSSR count). The summed E-state index contributed by atoms with van der Waals surface area (Å²) in [7, 11) is 0. The second-order valence-corrected chi connectivity index (χ2v) is 4.12. The molecule has 1 saturated heterocycles. The minimum Gasteiger partial charge on any atom is -0.356 e. The molecule has 1 fully saturated rings. The van der Waals surface area contributed by atoms with E-state index < -0.39 is 0 Å². The molecular formula is C12H14N4. The van der Waals surface area contributed by atoms with Crippen LogP contribution in [-0.4, -0.2) is 28.0 Å². The van der Waals surface area contributed by atoms with Gasteiger partial charge < -0.3 is 4.90 Å². The summed E-state index contributed by atoms with van der Waals surface area (Å²) in [6.07, 6.45) is 7.23. The highest BCUT2D eigenvalue weighted by Crippen LogP contribution is 2.23. The van der Waals surface area contributed by atoms with Crippen LogP contribution in [0.2, 0.25) is 0 Å². The number of aromatic nitrogens is 3. The highest BCUT2D eigenvalue weighted by Gasteiger charge is 2.14. The second-order valence-electron chi connectivity index (χ2n) is 4.12. The molecule has 4 heteroatoms. The number of anilines is 1. The van der Waals surface area contributed by atoms with Crippen molar-refractivity contribution in [3.8, 4) is 0 Å². The Hall–Kier alpha value is -1.71. The molecule has 2 aromatic heterocycles. The van der Waals surface area contributed by atoms with E-state index in [0.29, 0.717) is 0 Å². The lowest BCUT2D eigenvalue weighted by Crippen LogP contribution is -2.30. The zero-order valence-electron chi connectivity index (χ0n) is 9.13. The standard InChI is InChI=1S/C12H14N4/c1-2-7-16(8-3-1)12-10-5-4-6-13-11(10)14-9-15-12/h4-6,9H,1-3,7-8H2. The number of pyridine rings is 1. The highest BCUT2D eigenvalue weighted by molar-refractivity contribution is 5.86. The van der Waals surface area contributed by atoms with Crippen LogP contribution in [0.25, 0.3) is 11.0 Å². The van der Waals surface area contributed by atoms with Gasteiger partial charge in [0.05, 0.1) is 5.39 Å². The average Bonchev–Trinajstić information content (AvgIpc) is 2.39. The fourth-order valence-electron chi connectivity index (χ4n) is 2.24. The van der Waals surface area contributed by atoms with E-state index in [-0.39, 0.29) is 0 Å². The maximum Gasteiger partial charge on any atom is 0.164 e. The molecule has 2 aromatic rings. The molecule has 0 N–H and O–H groups in total.